The lowest BCUT2D eigenvalue weighted by Crippen LogP contribution is -2.64. The van der Waals surface area contributed by atoms with E-state index in [2.05, 4.69) is 52.7 Å². The molecule has 0 saturated carbocycles. The zero-order valence-electron chi connectivity index (χ0n) is 83.8. The highest BCUT2D eigenvalue weighted by atomic mass is 16.7. The number of aliphatic hydroxyl groups is 9. The van der Waals surface area contributed by atoms with Crippen LogP contribution in [0.15, 0.2) is 0 Å². The molecule has 0 bridgehead atoms. The molecule has 1 unspecified atom stereocenters. The van der Waals surface area contributed by atoms with Gasteiger partial charge in [0, 0.05) is 170 Å². The van der Waals surface area contributed by atoms with Crippen molar-refractivity contribution in [2.45, 2.75) is 352 Å². The van der Waals surface area contributed by atoms with Crippen LogP contribution in [0.1, 0.15) is 254 Å². The molecule has 3 aliphatic rings. The average molecular weight is 2120 g/mol. The standard InChI is InChI=1S/C62H111N9O27.C32H55NO10.6CH4/c1-38(75)69-50-56(87)53(84)41(32-72)96-59(50)93-26-11-5-8-20-63-47(81)35-90-29-23-66-44(78)14-17-62(4,18-15-45(79)67-24-30-91-36-48(82)64-21-9-6-12-27-94-60-51(70-39(2)76)57(88)54(85)42(33-73)97-60)19-16-46(80)68-25-31-92-37-49(83)65-22-10-7-13-28-95-61-52(71-40(3)77)58(89)55(86)43(34-74)98-61;1-6-28(34)24-41-21-18-39-16-8-11-30(36)26-43-23-20-40-17-9-12-31(37)25-42-22-19-38-15-7-10-29(35)13-14-32(4,33-5)27(2)3;;;;;;/h41-43,50-61,72-74,84-89H,5-37H2,1-4H3,(H,63,81)(H,64,82)(H,65,83)(H,66,78)(H,67,79)(H,68,80)(H,69,75)(H,70,76)(H,71,77);27H,6-26H2,1-4H3;6*1H4/t41-,42-,43-,50-,51-,52-,53+,54+,55+,56-,57-,58-,59-,60-,61-;;;;;;;/m1......./s1. The van der Waals surface area contributed by atoms with Gasteiger partial charge in [0.15, 0.2) is 36.2 Å². The van der Waals surface area contributed by atoms with E-state index in [4.69, 9.17) is 77.6 Å². The number of nitrogens with one attached hydrogen (secondary N) is 9. The lowest BCUT2D eigenvalue weighted by Gasteiger charge is -2.42. The lowest BCUT2D eigenvalue weighted by molar-refractivity contribution is -0.270. The normalized spacial score (nSPS) is 20.7. The molecule has 9 amide bonds. The highest BCUT2D eigenvalue weighted by Crippen LogP contribution is 2.35. The zero-order valence-corrected chi connectivity index (χ0v) is 83.8. The first-order valence-electron chi connectivity index (χ1n) is 49.3. The van der Waals surface area contributed by atoms with Gasteiger partial charge < -0.3 is 170 Å². The summed E-state index contributed by atoms with van der Waals surface area (Å²) in [6, 6.07) is -3.15. The number of hydrogen-bond acceptors (Lipinski definition) is 37. The summed E-state index contributed by atoms with van der Waals surface area (Å²) in [5.41, 5.74) is -1.16. The van der Waals surface area contributed by atoms with Crippen molar-refractivity contribution in [3.63, 3.8) is 0 Å². The Hall–Kier alpha value is -7.56. The van der Waals surface area contributed by atoms with Crippen molar-refractivity contribution in [1.82, 2.24) is 47.9 Å². The summed E-state index contributed by atoms with van der Waals surface area (Å²) < 4.78 is 82.2. The maximum atomic E-state index is 13.0. The molecule has 862 valence electrons. The minimum absolute atomic E-state index is 0. The van der Waals surface area contributed by atoms with E-state index in [1.54, 1.807) is 6.92 Å². The van der Waals surface area contributed by atoms with Gasteiger partial charge in [-0.3, -0.25) is 62.3 Å². The van der Waals surface area contributed by atoms with Crippen LogP contribution in [0, 0.1) is 17.9 Å². The molecule has 3 rings (SSSR count). The summed E-state index contributed by atoms with van der Waals surface area (Å²) in [4.78, 5) is 162. The molecule has 147 heavy (non-hydrogen) atoms. The number of carbonyl (C=O) groups excluding carboxylic acids is 13. The molecule has 0 aromatic carbocycles. The van der Waals surface area contributed by atoms with E-state index < -0.39 is 140 Å². The van der Waals surface area contributed by atoms with Crippen molar-refractivity contribution in [2.75, 3.05) is 198 Å². The van der Waals surface area contributed by atoms with Crippen LogP contribution in [0.4, 0.5) is 0 Å². The van der Waals surface area contributed by atoms with Crippen LogP contribution >= 0.6 is 0 Å². The van der Waals surface area contributed by atoms with Crippen LogP contribution in [0.2, 0.25) is 0 Å². The summed E-state index contributed by atoms with van der Waals surface area (Å²) in [5.74, 6) is -3.05. The first kappa shape index (κ1) is 148. The minimum Gasteiger partial charge on any atom is -0.394 e. The molecule has 0 aromatic heterocycles. The second kappa shape index (κ2) is 90.0. The molecule has 3 saturated heterocycles. The Labute approximate surface area is 871 Å². The predicted molar refractivity (Wildman–Crippen MR) is 544 cm³/mol. The number of Topliss-reactive ketones (excluding diaryl/α,β-unsaturated/α-hetero) is 4. The van der Waals surface area contributed by atoms with E-state index in [-0.39, 0.29) is 227 Å². The van der Waals surface area contributed by atoms with E-state index in [1.807, 2.05) is 27.7 Å². The molecular weight excluding hydrogens is 1930 g/mol. The van der Waals surface area contributed by atoms with Gasteiger partial charge in [-0.2, -0.15) is 0 Å². The monoisotopic (exact) mass is 2120 g/mol. The Morgan fingerprint density at radius 3 is 0.857 bits per heavy atom. The van der Waals surface area contributed by atoms with Crippen LogP contribution in [0.25, 0.3) is 4.85 Å². The molecule has 0 spiro atoms. The fraction of sp³-hybridized carbons (Fsp3) is 0.860. The SMILES string of the molecule is C.C.C.C.C.C.CC(=O)N[C@H]1[C@H](OCCCCCNC(=O)COCCNC(=O)CCC(C)(CCC(=O)NCCOCC(=O)NCCCCCO[C@@H]2O[C@H](CO)[C@H](O)[C@H](O)[C@H]2NC(C)=O)CCC(=O)NCCOCC(=O)NCCCCCO[C@@H]2O[C@H](CO)[C@H](O)[C@H](O)[C@H]2NC(C)=O)O[C@H](CO)[C@H](O)[C@@H]1O.[C-]#[N+]C(C)(CCC(=O)CCCOCCOCC(=O)CCCOCCOCC(=O)CCCOCCOCC(=O)CC)C(C)C. The van der Waals surface area contributed by atoms with Gasteiger partial charge in [-0.25, -0.2) is 6.57 Å². The van der Waals surface area contributed by atoms with Gasteiger partial charge in [0.2, 0.25) is 58.7 Å². The van der Waals surface area contributed by atoms with E-state index in [1.165, 1.54) is 20.8 Å². The summed E-state index contributed by atoms with van der Waals surface area (Å²) in [6.07, 6.45) is -4.40. The van der Waals surface area contributed by atoms with Gasteiger partial charge in [0.25, 0.3) is 0 Å². The van der Waals surface area contributed by atoms with Crippen molar-refractivity contribution in [2.24, 2.45) is 11.3 Å². The molecule has 0 radical (unpaired) electrons. The van der Waals surface area contributed by atoms with Crippen LogP contribution in [0.3, 0.4) is 0 Å². The zero-order chi connectivity index (χ0) is 105. The van der Waals surface area contributed by atoms with Crippen LogP contribution in [-0.2, 0) is 133 Å². The Bertz CT molecular complexity index is 3320. The van der Waals surface area contributed by atoms with Crippen molar-refractivity contribution < 1.29 is 179 Å². The summed E-state index contributed by atoms with van der Waals surface area (Å²) in [5, 5.41) is 114. The third kappa shape index (κ3) is 69.6. The number of amides is 9. The summed E-state index contributed by atoms with van der Waals surface area (Å²) in [7, 11) is 0. The van der Waals surface area contributed by atoms with Crippen molar-refractivity contribution in [1.29, 1.82) is 0 Å². The lowest BCUT2D eigenvalue weighted by atomic mass is 9.77. The highest BCUT2D eigenvalue weighted by molar-refractivity contribution is 5.82. The van der Waals surface area contributed by atoms with Gasteiger partial charge >= 0.3 is 0 Å². The van der Waals surface area contributed by atoms with Crippen LogP contribution in [-0.4, -0.2) is 418 Å². The van der Waals surface area contributed by atoms with E-state index in [0.29, 0.717) is 214 Å². The Balaban J connectivity index is -0.00000116. The molecule has 0 aliphatic carbocycles. The maximum absolute atomic E-state index is 13.0. The smallest absolute Gasteiger partial charge is 0.245 e. The number of carbonyl (C=O) groups is 13. The Kier molecular flexibility index (Phi) is 90.5. The molecule has 3 heterocycles. The number of nitrogens with zero attached hydrogens (tertiary/aromatic N) is 1. The average Bonchev–Trinajstić information content (AvgIpc) is 0.814. The van der Waals surface area contributed by atoms with E-state index in [0.717, 1.165) is 0 Å². The van der Waals surface area contributed by atoms with Gasteiger partial charge in [0.05, 0.1) is 79.3 Å². The van der Waals surface area contributed by atoms with Gasteiger partial charge in [0.1, 0.15) is 118 Å². The van der Waals surface area contributed by atoms with Crippen LogP contribution in [0.5, 0.6) is 0 Å². The fourth-order valence-corrected chi connectivity index (χ4v) is 14.2. The van der Waals surface area contributed by atoms with Crippen molar-refractivity contribution in [3.8, 4) is 0 Å². The first-order valence-corrected chi connectivity index (χ1v) is 49.3. The van der Waals surface area contributed by atoms with Crippen molar-refractivity contribution in [3.05, 3.63) is 11.4 Å². The number of ether oxygens (including phenoxy) is 15. The minimum atomic E-state index is -1.43. The highest BCUT2D eigenvalue weighted by Gasteiger charge is 2.48. The largest absolute Gasteiger partial charge is 0.394 e. The number of unbranched alkanes of at least 4 members (excludes halogenated alkanes) is 6. The van der Waals surface area contributed by atoms with Gasteiger partial charge in [-0.15, -0.1) is 0 Å². The molecule has 47 nitrogen and oxygen atoms in total. The van der Waals surface area contributed by atoms with E-state index >= 15 is 0 Å². The maximum Gasteiger partial charge on any atom is 0.245 e. The molecule has 18 N–H and O–H groups in total. The quantitative estimate of drug-likeness (QED) is 0.0303. The Morgan fingerprint density at radius 2 is 0.585 bits per heavy atom. The van der Waals surface area contributed by atoms with Crippen molar-refractivity contribution >= 4 is 76.3 Å². The number of aliphatic hydroxyl groups excluding tert-OH is 9. The first-order chi connectivity index (χ1) is 67.5. The number of hydrogen-bond donors (Lipinski definition) is 18. The number of ketones is 4. The fourth-order valence-electron chi connectivity index (χ4n) is 14.2. The summed E-state index contributed by atoms with van der Waals surface area (Å²) >= 11 is 0. The second-order valence-electron chi connectivity index (χ2n) is 35.6. The summed E-state index contributed by atoms with van der Waals surface area (Å²) in [6.45, 7) is 23.7. The molecule has 47 heteroatoms. The molecule has 3 aliphatic heterocycles. The molecule has 16 atom stereocenters. The third-order valence-corrected chi connectivity index (χ3v) is 23.2. The molecular formula is C100H190N10O37. The topological polar surface area (TPSA) is 655 Å². The predicted octanol–water partition coefficient (Wildman–Crippen LogP) is 1.52. The Morgan fingerprint density at radius 1 is 0.313 bits per heavy atom. The van der Waals surface area contributed by atoms with Crippen LogP contribution < -0.4 is 47.9 Å². The van der Waals surface area contributed by atoms with Gasteiger partial charge in [-0.1, -0.05) is 72.3 Å². The molecule has 3 fully saturated rings. The third-order valence-electron chi connectivity index (χ3n) is 23.2. The number of rotatable bonds is 83. The van der Waals surface area contributed by atoms with Gasteiger partial charge in [-0.05, 0) is 102 Å². The second-order valence-corrected chi connectivity index (χ2v) is 35.6. The van der Waals surface area contributed by atoms with E-state index in [9.17, 15) is 108 Å². The molecule has 0 aromatic rings.